The zero-order chi connectivity index (χ0) is 15.9. The highest BCUT2D eigenvalue weighted by Crippen LogP contribution is 2.26. The molecule has 0 heterocycles. The quantitative estimate of drug-likeness (QED) is 0.422. The molecule has 2 aromatic rings. The van der Waals surface area contributed by atoms with Crippen LogP contribution in [0.5, 0.6) is 5.75 Å². The van der Waals surface area contributed by atoms with E-state index in [0.717, 1.165) is 27.9 Å². The third kappa shape index (κ3) is 6.36. The minimum Gasteiger partial charge on any atom is -0.489 e. The summed E-state index contributed by atoms with van der Waals surface area (Å²) in [5.41, 5.74) is 1.97. The van der Waals surface area contributed by atoms with E-state index in [4.69, 9.17) is 27.9 Å². The van der Waals surface area contributed by atoms with Crippen LogP contribution in [0.1, 0.15) is 11.1 Å². The van der Waals surface area contributed by atoms with Crippen molar-refractivity contribution in [1.29, 1.82) is 0 Å². The van der Waals surface area contributed by atoms with E-state index in [1.807, 2.05) is 30.3 Å². The molecule has 0 fully saturated rings. The highest BCUT2D eigenvalue weighted by atomic mass is 79.9. The Morgan fingerprint density at radius 2 is 1.91 bits per heavy atom. The van der Waals surface area contributed by atoms with E-state index in [1.54, 1.807) is 12.1 Å². The average Bonchev–Trinajstić information content (AvgIpc) is 2.48. The molecule has 0 aromatic heterocycles. The molecule has 2 aromatic carbocycles. The van der Waals surface area contributed by atoms with Crippen molar-refractivity contribution in [2.75, 3.05) is 6.54 Å². The summed E-state index contributed by atoms with van der Waals surface area (Å²) < 4.78 is 6.93. The number of ether oxygens (including phenoxy) is 1. The zero-order valence-electron chi connectivity index (χ0n) is 12.3. The first-order chi connectivity index (χ1) is 10.6. The van der Waals surface area contributed by atoms with Crippen molar-refractivity contribution in [1.82, 2.24) is 5.32 Å². The highest BCUT2D eigenvalue weighted by molar-refractivity contribution is 9.10. The number of rotatable bonds is 7. The van der Waals surface area contributed by atoms with Gasteiger partial charge in [-0.25, -0.2) is 0 Å². The summed E-state index contributed by atoms with van der Waals surface area (Å²) in [5.74, 6) is 0.825. The fraction of sp³-hybridized carbons (Fsp3) is 0.176. The van der Waals surface area contributed by atoms with Gasteiger partial charge in [-0.1, -0.05) is 51.3 Å². The molecule has 0 saturated carbocycles. The van der Waals surface area contributed by atoms with Gasteiger partial charge in [-0.3, -0.25) is 0 Å². The van der Waals surface area contributed by atoms with Crippen molar-refractivity contribution in [2.24, 2.45) is 0 Å². The predicted molar refractivity (Wildman–Crippen MR) is 104 cm³/mol. The summed E-state index contributed by atoms with van der Waals surface area (Å²) in [6.45, 7) is 5.54. The lowest BCUT2D eigenvalue weighted by Gasteiger charge is -2.13. The van der Waals surface area contributed by atoms with Crippen molar-refractivity contribution >= 4 is 51.5 Å². The lowest BCUT2D eigenvalue weighted by molar-refractivity contribution is 0.302. The molecule has 2 rings (SSSR count). The predicted octanol–water partition coefficient (Wildman–Crippen LogP) is 6.03. The van der Waals surface area contributed by atoms with Gasteiger partial charge in [0.15, 0.2) is 0 Å². The van der Waals surface area contributed by atoms with Gasteiger partial charge in [0.1, 0.15) is 12.4 Å². The van der Waals surface area contributed by atoms with E-state index in [-0.39, 0.29) is 12.4 Å². The van der Waals surface area contributed by atoms with Gasteiger partial charge < -0.3 is 10.1 Å². The molecule has 124 valence electrons. The van der Waals surface area contributed by atoms with Crippen LogP contribution in [0.3, 0.4) is 0 Å². The monoisotopic (exact) mass is 435 g/mol. The fourth-order valence-electron chi connectivity index (χ4n) is 1.93. The molecule has 0 aliphatic carbocycles. The van der Waals surface area contributed by atoms with Crippen LogP contribution in [-0.2, 0) is 13.2 Å². The molecule has 0 atom stereocenters. The summed E-state index contributed by atoms with van der Waals surface area (Å²) in [7, 11) is 0. The van der Waals surface area contributed by atoms with Crippen molar-refractivity contribution in [3.8, 4) is 5.75 Å². The second kappa shape index (κ2) is 10.2. The largest absolute Gasteiger partial charge is 0.489 e. The molecule has 2 nitrogen and oxygen atoms in total. The van der Waals surface area contributed by atoms with E-state index in [9.17, 15) is 0 Å². The van der Waals surface area contributed by atoms with Crippen LogP contribution < -0.4 is 10.1 Å². The second-order valence-corrected chi connectivity index (χ2v) is 6.46. The van der Waals surface area contributed by atoms with Crippen molar-refractivity contribution in [3.63, 3.8) is 0 Å². The molecular weight excluding hydrogens is 420 g/mol. The smallest absolute Gasteiger partial charge is 0.124 e. The van der Waals surface area contributed by atoms with Crippen LogP contribution in [0.25, 0.3) is 0 Å². The molecule has 0 amide bonds. The maximum absolute atomic E-state index is 6.17. The van der Waals surface area contributed by atoms with Gasteiger partial charge in [0.25, 0.3) is 0 Å². The van der Waals surface area contributed by atoms with E-state index < -0.39 is 0 Å². The highest BCUT2D eigenvalue weighted by Gasteiger charge is 2.07. The van der Waals surface area contributed by atoms with Crippen LogP contribution in [0.2, 0.25) is 10.0 Å². The number of hydrogen-bond donors (Lipinski definition) is 1. The lowest BCUT2D eigenvalue weighted by Crippen LogP contribution is -2.13. The summed E-state index contributed by atoms with van der Waals surface area (Å²) in [5, 5.41) is 4.50. The summed E-state index contributed by atoms with van der Waals surface area (Å²) in [6, 6.07) is 11.3. The molecule has 0 bridgehead atoms. The third-order valence-corrected chi connectivity index (χ3v) is 4.11. The first-order valence-electron chi connectivity index (χ1n) is 6.77. The van der Waals surface area contributed by atoms with Crippen LogP contribution in [0.4, 0.5) is 0 Å². The molecule has 23 heavy (non-hydrogen) atoms. The van der Waals surface area contributed by atoms with Gasteiger partial charge in [-0.05, 0) is 30.3 Å². The summed E-state index contributed by atoms with van der Waals surface area (Å²) in [4.78, 5) is 0. The Kier molecular flexibility index (Phi) is 9.03. The topological polar surface area (TPSA) is 21.3 Å². The Bertz CT molecular complexity index is 664. The fourth-order valence-corrected chi connectivity index (χ4v) is 2.80. The Morgan fingerprint density at radius 1 is 1.13 bits per heavy atom. The third-order valence-electron chi connectivity index (χ3n) is 3.02. The molecule has 0 spiro atoms. The summed E-state index contributed by atoms with van der Waals surface area (Å²) in [6.07, 6.45) is 1.83. The van der Waals surface area contributed by atoms with E-state index in [2.05, 4.69) is 27.8 Å². The number of hydrogen-bond acceptors (Lipinski definition) is 2. The van der Waals surface area contributed by atoms with Gasteiger partial charge in [-0.15, -0.1) is 19.0 Å². The zero-order valence-corrected chi connectivity index (χ0v) is 16.2. The molecule has 0 saturated heterocycles. The summed E-state index contributed by atoms with van der Waals surface area (Å²) >= 11 is 15.6. The van der Waals surface area contributed by atoms with E-state index in [1.165, 1.54) is 0 Å². The Morgan fingerprint density at radius 3 is 2.61 bits per heavy atom. The minimum absolute atomic E-state index is 0. The van der Waals surface area contributed by atoms with Gasteiger partial charge >= 0.3 is 0 Å². The minimum atomic E-state index is 0. The molecule has 0 aliphatic heterocycles. The van der Waals surface area contributed by atoms with Crippen molar-refractivity contribution in [2.45, 2.75) is 13.2 Å². The Labute approximate surface area is 161 Å². The SMILES string of the molecule is C=CCNCc1cc(Br)ccc1OCc1ccc(Cl)cc1Cl.Cl. The van der Waals surface area contributed by atoms with Crippen molar-refractivity contribution in [3.05, 3.63) is 74.7 Å². The number of nitrogens with one attached hydrogen (secondary N) is 1. The van der Waals surface area contributed by atoms with Gasteiger partial charge in [0, 0.05) is 38.7 Å². The number of benzene rings is 2. The second-order valence-electron chi connectivity index (χ2n) is 4.70. The molecule has 0 unspecified atom stereocenters. The standard InChI is InChI=1S/C17H16BrCl2NO.ClH/c1-2-7-21-10-13-8-14(18)4-6-17(13)22-11-12-3-5-15(19)9-16(12)20;/h2-6,8-9,21H,1,7,10-11H2;1H. The molecule has 1 N–H and O–H groups in total. The first-order valence-corrected chi connectivity index (χ1v) is 8.32. The van der Waals surface area contributed by atoms with Crippen LogP contribution in [-0.4, -0.2) is 6.54 Å². The molecule has 0 radical (unpaired) electrons. The Hall–Kier alpha value is -0.710. The van der Waals surface area contributed by atoms with Crippen molar-refractivity contribution < 1.29 is 4.74 Å². The van der Waals surface area contributed by atoms with Gasteiger partial charge in [-0.2, -0.15) is 0 Å². The molecule has 6 heteroatoms. The first kappa shape index (κ1) is 20.3. The maximum Gasteiger partial charge on any atom is 0.124 e. The van der Waals surface area contributed by atoms with E-state index in [0.29, 0.717) is 23.2 Å². The maximum atomic E-state index is 6.17. The van der Waals surface area contributed by atoms with E-state index >= 15 is 0 Å². The molecule has 0 aliphatic rings. The molecular formula is C17H17BrCl3NO. The normalized spacial score (nSPS) is 10.0. The average molecular weight is 438 g/mol. The number of halogens is 4. The van der Waals surface area contributed by atoms with Crippen LogP contribution in [0, 0.1) is 0 Å². The lowest BCUT2D eigenvalue weighted by atomic mass is 10.2. The van der Waals surface area contributed by atoms with Crippen LogP contribution in [0.15, 0.2) is 53.5 Å². The van der Waals surface area contributed by atoms with Gasteiger partial charge in [0.05, 0.1) is 0 Å². The van der Waals surface area contributed by atoms with Gasteiger partial charge in [0.2, 0.25) is 0 Å². The Balaban J connectivity index is 0.00000264. The van der Waals surface area contributed by atoms with Crippen LogP contribution >= 0.6 is 51.5 Å².